The molecule has 0 aliphatic rings. The van der Waals surface area contributed by atoms with Crippen LogP contribution in [0.25, 0.3) is 0 Å². The Morgan fingerprint density at radius 1 is 1.33 bits per heavy atom. The van der Waals surface area contributed by atoms with Gasteiger partial charge >= 0.3 is 0 Å². The number of hydrogen-bond acceptors (Lipinski definition) is 4. The molecule has 18 heavy (non-hydrogen) atoms. The lowest BCUT2D eigenvalue weighted by molar-refractivity contribution is 0.130. The van der Waals surface area contributed by atoms with Crippen molar-refractivity contribution in [3.05, 3.63) is 22.7 Å². The van der Waals surface area contributed by atoms with Crippen LogP contribution < -0.4 is 9.47 Å². The van der Waals surface area contributed by atoms with Gasteiger partial charge in [-0.3, -0.25) is 0 Å². The number of hydrogen-bond donors (Lipinski definition) is 1. The Morgan fingerprint density at radius 2 is 2.06 bits per heavy atom. The molecular formula is C13H19ClO4. The molecule has 1 atom stereocenters. The summed E-state index contributed by atoms with van der Waals surface area (Å²) in [4.78, 5) is 0. The molecule has 1 unspecified atom stereocenters. The normalized spacial score (nSPS) is 12.3. The molecule has 0 aliphatic carbocycles. The monoisotopic (exact) mass is 274 g/mol. The van der Waals surface area contributed by atoms with E-state index in [0.29, 0.717) is 28.7 Å². The molecule has 102 valence electrons. The van der Waals surface area contributed by atoms with Crippen molar-refractivity contribution in [1.29, 1.82) is 0 Å². The van der Waals surface area contributed by atoms with E-state index in [1.807, 2.05) is 6.92 Å². The lowest BCUT2D eigenvalue weighted by Crippen LogP contribution is -2.15. The van der Waals surface area contributed by atoms with Crippen molar-refractivity contribution in [3.8, 4) is 11.5 Å². The smallest absolute Gasteiger partial charge is 0.167 e. The third-order valence-electron chi connectivity index (χ3n) is 2.53. The van der Waals surface area contributed by atoms with Gasteiger partial charge in [-0.2, -0.15) is 0 Å². The van der Waals surface area contributed by atoms with E-state index in [0.717, 1.165) is 6.42 Å². The highest BCUT2D eigenvalue weighted by molar-refractivity contribution is 6.30. The summed E-state index contributed by atoms with van der Waals surface area (Å²) < 4.78 is 16.0. The number of aliphatic hydroxyl groups excluding tert-OH is 1. The van der Waals surface area contributed by atoms with E-state index in [9.17, 15) is 5.11 Å². The Morgan fingerprint density at radius 3 is 2.61 bits per heavy atom. The maximum Gasteiger partial charge on any atom is 0.167 e. The number of methoxy groups -OCH3 is 2. The second-order valence-corrected chi connectivity index (χ2v) is 4.40. The second-order valence-electron chi connectivity index (χ2n) is 3.96. The third-order valence-corrected chi connectivity index (χ3v) is 2.75. The quantitative estimate of drug-likeness (QED) is 0.830. The molecule has 0 saturated carbocycles. The molecule has 0 spiro atoms. The van der Waals surface area contributed by atoms with E-state index < -0.39 is 0 Å². The molecule has 0 heterocycles. The van der Waals surface area contributed by atoms with Gasteiger partial charge in [-0.25, -0.2) is 0 Å². The average molecular weight is 275 g/mol. The van der Waals surface area contributed by atoms with Crippen LogP contribution in [-0.2, 0) is 11.3 Å². The van der Waals surface area contributed by atoms with E-state index >= 15 is 0 Å². The van der Waals surface area contributed by atoms with Crippen molar-refractivity contribution in [2.45, 2.75) is 26.1 Å². The van der Waals surface area contributed by atoms with Crippen molar-refractivity contribution in [2.75, 3.05) is 20.8 Å². The predicted octanol–water partition coefficient (Wildman–Crippen LogP) is 2.64. The van der Waals surface area contributed by atoms with Crippen molar-refractivity contribution >= 4 is 11.6 Å². The second kappa shape index (κ2) is 7.46. The number of rotatable bonds is 7. The van der Waals surface area contributed by atoms with Crippen LogP contribution in [0.4, 0.5) is 0 Å². The predicted molar refractivity (Wildman–Crippen MR) is 70.5 cm³/mol. The van der Waals surface area contributed by atoms with E-state index in [4.69, 9.17) is 25.8 Å². The summed E-state index contributed by atoms with van der Waals surface area (Å²) in [6.07, 6.45) is 0.720. The first-order valence-electron chi connectivity index (χ1n) is 5.75. The lowest BCUT2D eigenvalue weighted by atomic mass is 10.2. The molecule has 1 aromatic carbocycles. The standard InChI is InChI=1S/C13H19ClO4/c1-9(4-5-16-2)18-13-10(8-15)6-11(14)7-12(13)17-3/h6-7,9,15H,4-5,8H2,1-3H3. The Hall–Kier alpha value is -0.970. The molecular weight excluding hydrogens is 256 g/mol. The maximum atomic E-state index is 9.33. The van der Waals surface area contributed by atoms with Gasteiger partial charge in [0.2, 0.25) is 0 Å². The van der Waals surface area contributed by atoms with Gasteiger partial charge in [0.05, 0.1) is 19.8 Å². The van der Waals surface area contributed by atoms with E-state index in [1.54, 1.807) is 26.4 Å². The summed E-state index contributed by atoms with van der Waals surface area (Å²) in [5.74, 6) is 1.06. The number of ether oxygens (including phenoxy) is 3. The number of aliphatic hydroxyl groups is 1. The third kappa shape index (κ3) is 4.05. The fourth-order valence-electron chi connectivity index (χ4n) is 1.57. The van der Waals surface area contributed by atoms with Gasteiger partial charge in [0.1, 0.15) is 0 Å². The summed E-state index contributed by atoms with van der Waals surface area (Å²) in [6.45, 7) is 2.41. The van der Waals surface area contributed by atoms with E-state index in [1.165, 1.54) is 0 Å². The molecule has 5 heteroatoms. The van der Waals surface area contributed by atoms with Crippen molar-refractivity contribution in [2.24, 2.45) is 0 Å². The van der Waals surface area contributed by atoms with Gasteiger partial charge in [0.15, 0.2) is 11.5 Å². The van der Waals surface area contributed by atoms with Crippen LogP contribution in [-0.4, -0.2) is 32.0 Å². The highest BCUT2D eigenvalue weighted by atomic mass is 35.5. The van der Waals surface area contributed by atoms with Gasteiger partial charge < -0.3 is 19.3 Å². The fourth-order valence-corrected chi connectivity index (χ4v) is 1.80. The number of halogens is 1. The van der Waals surface area contributed by atoms with Crippen molar-refractivity contribution in [1.82, 2.24) is 0 Å². The first-order valence-corrected chi connectivity index (χ1v) is 6.13. The first-order chi connectivity index (χ1) is 8.62. The van der Waals surface area contributed by atoms with Gasteiger partial charge in [-0.15, -0.1) is 0 Å². The summed E-state index contributed by atoms with van der Waals surface area (Å²) in [5, 5.41) is 9.84. The zero-order valence-electron chi connectivity index (χ0n) is 10.9. The van der Waals surface area contributed by atoms with E-state index in [-0.39, 0.29) is 12.7 Å². The van der Waals surface area contributed by atoms with Gasteiger partial charge in [-0.05, 0) is 13.0 Å². The average Bonchev–Trinajstić information content (AvgIpc) is 2.37. The van der Waals surface area contributed by atoms with Crippen LogP contribution in [0.3, 0.4) is 0 Å². The zero-order chi connectivity index (χ0) is 13.5. The summed E-state index contributed by atoms with van der Waals surface area (Å²) >= 11 is 5.93. The zero-order valence-corrected chi connectivity index (χ0v) is 11.7. The SMILES string of the molecule is COCCC(C)Oc1c(CO)cc(Cl)cc1OC. The summed E-state index contributed by atoms with van der Waals surface area (Å²) in [5.41, 5.74) is 0.614. The van der Waals surface area contributed by atoms with Crippen LogP contribution in [0, 0.1) is 0 Å². The molecule has 0 amide bonds. The molecule has 0 saturated heterocycles. The fraction of sp³-hybridized carbons (Fsp3) is 0.538. The van der Waals surface area contributed by atoms with Gasteiger partial charge in [-0.1, -0.05) is 11.6 Å². The van der Waals surface area contributed by atoms with E-state index in [2.05, 4.69) is 0 Å². The molecule has 0 fully saturated rings. The van der Waals surface area contributed by atoms with Crippen LogP contribution in [0.15, 0.2) is 12.1 Å². The summed E-state index contributed by atoms with van der Waals surface area (Å²) in [6, 6.07) is 3.33. The molecule has 0 bridgehead atoms. The highest BCUT2D eigenvalue weighted by Crippen LogP contribution is 2.35. The summed E-state index contributed by atoms with van der Waals surface area (Å²) in [7, 11) is 3.19. The van der Waals surface area contributed by atoms with Gasteiger partial charge in [0, 0.05) is 36.8 Å². The molecule has 0 radical (unpaired) electrons. The van der Waals surface area contributed by atoms with Crippen LogP contribution >= 0.6 is 11.6 Å². The largest absolute Gasteiger partial charge is 0.493 e. The Bertz CT molecular complexity index is 356. The van der Waals surface area contributed by atoms with Crippen LogP contribution in [0.2, 0.25) is 5.02 Å². The van der Waals surface area contributed by atoms with Crippen molar-refractivity contribution < 1.29 is 19.3 Å². The van der Waals surface area contributed by atoms with Gasteiger partial charge in [0.25, 0.3) is 0 Å². The molecule has 1 aromatic rings. The minimum atomic E-state index is -0.150. The highest BCUT2D eigenvalue weighted by Gasteiger charge is 2.15. The number of benzene rings is 1. The molecule has 4 nitrogen and oxygen atoms in total. The van der Waals surface area contributed by atoms with Crippen LogP contribution in [0.1, 0.15) is 18.9 Å². The maximum absolute atomic E-state index is 9.33. The first kappa shape index (κ1) is 15.1. The molecule has 1 N–H and O–H groups in total. The van der Waals surface area contributed by atoms with Crippen LogP contribution in [0.5, 0.6) is 11.5 Å². The minimum Gasteiger partial charge on any atom is -0.493 e. The lowest BCUT2D eigenvalue weighted by Gasteiger charge is -2.19. The topological polar surface area (TPSA) is 47.9 Å². The Kier molecular flexibility index (Phi) is 6.25. The molecule has 0 aliphatic heterocycles. The molecule has 1 rings (SSSR count). The minimum absolute atomic E-state index is 0.0367. The van der Waals surface area contributed by atoms with Crippen molar-refractivity contribution in [3.63, 3.8) is 0 Å². The Balaban J connectivity index is 2.91. The molecule has 0 aromatic heterocycles. The Labute approximate surface area is 112 Å².